The van der Waals surface area contributed by atoms with E-state index in [0.717, 1.165) is 11.3 Å². The zero-order chi connectivity index (χ0) is 18.8. The number of benzene rings is 2. The van der Waals surface area contributed by atoms with Crippen molar-refractivity contribution in [2.45, 2.75) is 13.5 Å². The summed E-state index contributed by atoms with van der Waals surface area (Å²) in [5.41, 5.74) is 1.57. The van der Waals surface area contributed by atoms with E-state index in [-0.39, 0.29) is 5.57 Å². The average molecular weight is 351 g/mol. The second-order valence-corrected chi connectivity index (χ2v) is 5.27. The van der Waals surface area contributed by atoms with Crippen LogP contribution in [0.3, 0.4) is 0 Å². The summed E-state index contributed by atoms with van der Waals surface area (Å²) in [5.74, 6) is 0.946. The van der Waals surface area contributed by atoms with Gasteiger partial charge in [0.15, 0.2) is 0 Å². The van der Waals surface area contributed by atoms with Gasteiger partial charge in [0, 0.05) is 12.7 Å². The van der Waals surface area contributed by atoms with Gasteiger partial charge in [-0.3, -0.25) is 4.79 Å². The third kappa shape index (κ3) is 5.28. The van der Waals surface area contributed by atoms with Crippen molar-refractivity contribution in [3.05, 3.63) is 65.9 Å². The molecule has 1 amide bonds. The first kappa shape index (κ1) is 18.9. The lowest BCUT2D eigenvalue weighted by atomic mass is 10.2. The smallest absolute Gasteiger partial charge is 0.263 e. The number of hydrogen-bond donors (Lipinski definition) is 2. The molecule has 0 aliphatic heterocycles. The van der Waals surface area contributed by atoms with Crippen molar-refractivity contribution in [1.82, 2.24) is 5.32 Å². The Morgan fingerprint density at radius 1 is 1.19 bits per heavy atom. The Morgan fingerprint density at radius 3 is 2.58 bits per heavy atom. The van der Waals surface area contributed by atoms with Crippen LogP contribution in [0.15, 0.2) is 60.3 Å². The van der Waals surface area contributed by atoms with Gasteiger partial charge in [-0.15, -0.1) is 0 Å². The highest BCUT2D eigenvalue weighted by Gasteiger charge is 2.09. The Morgan fingerprint density at radius 2 is 1.92 bits per heavy atom. The second-order valence-electron chi connectivity index (χ2n) is 5.27. The number of para-hydroxylation sites is 2. The second kappa shape index (κ2) is 9.74. The third-order valence-electron chi connectivity index (χ3n) is 3.54. The number of nitrogens with one attached hydrogen (secondary N) is 2. The van der Waals surface area contributed by atoms with E-state index in [2.05, 4.69) is 10.6 Å². The molecule has 6 nitrogen and oxygen atoms in total. The molecule has 0 aliphatic carbocycles. The number of hydrogen-bond acceptors (Lipinski definition) is 5. The molecule has 2 N–H and O–H groups in total. The molecule has 26 heavy (non-hydrogen) atoms. The summed E-state index contributed by atoms with van der Waals surface area (Å²) in [6, 6.07) is 16.6. The minimum Gasteiger partial charge on any atom is -0.497 e. The number of ether oxygens (including phenoxy) is 2. The monoisotopic (exact) mass is 351 g/mol. The highest BCUT2D eigenvalue weighted by molar-refractivity contribution is 5.97. The fourth-order valence-electron chi connectivity index (χ4n) is 2.19. The molecule has 0 bridgehead atoms. The zero-order valence-electron chi connectivity index (χ0n) is 14.8. The van der Waals surface area contributed by atoms with E-state index >= 15 is 0 Å². The van der Waals surface area contributed by atoms with Crippen molar-refractivity contribution in [1.29, 1.82) is 5.26 Å². The van der Waals surface area contributed by atoms with Crippen LogP contribution in [-0.4, -0.2) is 19.6 Å². The van der Waals surface area contributed by atoms with Crippen molar-refractivity contribution in [2.75, 3.05) is 19.0 Å². The average Bonchev–Trinajstić information content (AvgIpc) is 2.68. The summed E-state index contributed by atoms with van der Waals surface area (Å²) in [4.78, 5) is 12.2. The van der Waals surface area contributed by atoms with Crippen LogP contribution in [0.1, 0.15) is 12.5 Å². The van der Waals surface area contributed by atoms with E-state index in [9.17, 15) is 10.1 Å². The van der Waals surface area contributed by atoms with Gasteiger partial charge in [-0.1, -0.05) is 24.3 Å². The molecule has 2 aromatic rings. The topological polar surface area (TPSA) is 83.4 Å². The van der Waals surface area contributed by atoms with Crippen LogP contribution in [0.2, 0.25) is 0 Å². The van der Waals surface area contributed by atoms with Crippen LogP contribution in [0.25, 0.3) is 0 Å². The lowest BCUT2D eigenvalue weighted by Crippen LogP contribution is -2.24. The van der Waals surface area contributed by atoms with Crippen molar-refractivity contribution in [3.63, 3.8) is 0 Å². The SMILES string of the molecule is CCOc1ccccc1N/C=C(/C#N)C(=O)NCc1ccc(OC)cc1. The summed E-state index contributed by atoms with van der Waals surface area (Å²) >= 11 is 0. The zero-order valence-corrected chi connectivity index (χ0v) is 14.8. The van der Waals surface area contributed by atoms with Crippen molar-refractivity contribution in [2.24, 2.45) is 0 Å². The van der Waals surface area contributed by atoms with Gasteiger partial charge in [-0.2, -0.15) is 5.26 Å². The number of methoxy groups -OCH3 is 1. The summed E-state index contributed by atoms with van der Waals surface area (Å²) in [7, 11) is 1.59. The maximum absolute atomic E-state index is 12.2. The van der Waals surface area contributed by atoms with Gasteiger partial charge in [0.25, 0.3) is 5.91 Å². The van der Waals surface area contributed by atoms with Gasteiger partial charge in [0.2, 0.25) is 0 Å². The van der Waals surface area contributed by atoms with Crippen LogP contribution in [0.5, 0.6) is 11.5 Å². The molecular formula is C20H21N3O3. The quantitative estimate of drug-likeness (QED) is 0.563. The maximum Gasteiger partial charge on any atom is 0.263 e. The number of amides is 1. The van der Waals surface area contributed by atoms with Crippen LogP contribution in [0, 0.1) is 11.3 Å². The summed E-state index contributed by atoms with van der Waals surface area (Å²) < 4.78 is 10.6. The van der Waals surface area contributed by atoms with Crippen molar-refractivity contribution >= 4 is 11.6 Å². The van der Waals surface area contributed by atoms with Crippen molar-refractivity contribution in [3.8, 4) is 17.6 Å². The molecule has 0 aromatic heterocycles. The number of carbonyl (C=O) groups excluding carboxylic acids is 1. The molecule has 6 heteroatoms. The molecule has 0 spiro atoms. The van der Waals surface area contributed by atoms with Crippen molar-refractivity contribution < 1.29 is 14.3 Å². The van der Waals surface area contributed by atoms with Gasteiger partial charge in [0.1, 0.15) is 23.1 Å². The first-order valence-electron chi connectivity index (χ1n) is 8.17. The molecule has 0 heterocycles. The predicted molar refractivity (Wildman–Crippen MR) is 99.8 cm³/mol. The molecule has 0 unspecified atom stereocenters. The molecule has 0 saturated heterocycles. The van der Waals surface area contributed by atoms with Crippen LogP contribution in [0.4, 0.5) is 5.69 Å². The number of nitriles is 1. The van der Waals surface area contributed by atoms with E-state index in [0.29, 0.717) is 24.6 Å². The Labute approximate surface area is 153 Å². The molecule has 134 valence electrons. The van der Waals surface area contributed by atoms with Crippen LogP contribution in [-0.2, 0) is 11.3 Å². The Balaban J connectivity index is 1.99. The molecule has 0 saturated carbocycles. The minimum absolute atomic E-state index is 0.0233. The number of nitrogens with zero attached hydrogens (tertiary/aromatic N) is 1. The predicted octanol–water partition coefficient (Wildman–Crippen LogP) is 3.23. The van der Waals surface area contributed by atoms with Gasteiger partial charge >= 0.3 is 0 Å². The fourth-order valence-corrected chi connectivity index (χ4v) is 2.19. The molecular weight excluding hydrogens is 330 g/mol. The van der Waals surface area contributed by atoms with Crippen LogP contribution >= 0.6 is 0 Å². The maximum atomic E-state index is 12.2. The minimum atomic E-state index is -0.454. The molecule has 0 fully saturated rings. The molecule has 0 radical (unpaired) electrons. The number of rotatable bonds is 8. The van der Waals surface area contributed by atoms with Gasteiger partial charge < -0.3 is 20.1 Å². The largest absolute Gasteiger partial charge is 0.497 e. The van der Waals surface area contributed by atoms with E-state index in [1.54, 1.807) is 7.11 Å². The van der Waals surface area contributed by atoms with Gasteiger partial charge in [0.05, 0.1) is 19.4 Å². The fraction of sp³-hybridized carbons (Fsp3) is 0.200. The summed E-state index contributed by atoms with van der Waals surface area (Å²) in [6.45, 7) is 2.73. The molecule has 0 atom stereocenters. The third-order valence-corrected chi connectivity index (χ3v) is 3.54. The van der Waals surface area contributed by atoms with Gasteiger partial charge in [-0.25, -0.2) is 0 Å². The van der Waals surface area contributed by atoms with E-state index in [1.807, 2.05) is 61.5 Å². The first-order valence-corrected chi connectivity index (χ1v) is 8.17. The standard InChI is InChI=1S/C20H21N3O3/c1-3-26-19-7-5-4-6-18(19)22-14-16(12-21)20(24)23-13-15-8-10-17(25-2)11-9-15/h4-11,14,22H,3,13H2,1-2H3,(H,23,24)/b16-14-. The Hall–Kier alpha value is -3.46. The number of anilines is 1. The highest BCUT2D eigenvalue weighted by atomic mass is 16.5. The number of carbonyl (C=O) groups is 1. The molecule has 0 aliphatic rings. The molecule has 2 rings (SSSR count). The van der Waals surface area contributed by atoms with Crippen LogP contribution < -0.4 is 20.1 Å². The van der Waals surface area contributed by atoms with Gasteiger partial charge in [-0.05, 0) is 36.8 Å². The highest BCUT2D eigenvalue weighted by Crippen LogP contribution is 2.23. The van der Waals surface area contributed by atoms with E-state index in [1.165, 1.54) is 6.20 Å². The van der Waals surface area contributed by atoms with E-state index in [4.69, 9.17) is 9.47 Å². The normalized spacial score (nSPS) is 10.6. The Kier molecular flexibility index (Phi) is 7.07. The first-order chi connectivity index (χ1) is 12.7. The lowest BCUT2D eigenvalue weighted by molar-refractivity contribution is -0.117. The Bertz CT molecular complexity index is 808. The lowest BCUT2D eigenvalue weighted by Gasteiger charge is -2.10. The van der Waals surface area contributed by atoms with E-state index < -0.39 is 5.91 Å². The molecule has 2 aromatic carbocycles. The summed E-state index contributed by atoms with van der Waals surface area (Å²) in [6.07, 6.45) is 1.38. The summed E-state index contributed by atoms with van der Waals surface area (Å²) in [5, 5.41) is 14.9.